The Morgan fingerprint density at radius 2 is 1.58 bits per heavy atom. The predicted molar refractivity (Wildman–Crippen MR) is 94.0 cm³/mol. The van der Waals surface area contributed by atoms with Crippen LogP contribution in [0.3, 0.4) is 0 Å². The van der Waals surface area contributed by atoms with Gasteiger partial charge in [-0.25, -0.2) is 4.79 Å². The van der Waals surface area contributed by atoms with Gasteiger partial charge in [0.15, 0.2) is 5.69 Å². The summed E-state index contributed by atoms with van der Waals surface area (Å²) in [6.45, 7) is 0.742. The fourth-order valence-corrected chi connectivity index (χ4v) is 3.35. The molecule has 0 spiro atoms. The van der Waals surface area contributed by atoms with Crippen LogP contribution in [0.2, 0.25) is 0 Å². The zero-order valence-electron chi connectivity index (χ0n) is 15.9. The number of carbonyl (C=O) groups excluding carboxylic acids is 1. The summed E-state index contributed by atoms with van der Waals surface area (Å²) in [6.07, 6.45) is -10.0. The second-order valence-electron chi connectivity index (χ2n) is 7.13. The Morgan fingerprint density at radius 3 is 2.13 bits per heavy atom. The van der Waals surface area contributed by atoms with E-state index in [0.29, 0.717) is 37.3 Å². The minimum Gasteiger partial charge on any atom is -0.476 e. The van der Waals surface area contributed by atoms with Crippen molar-refractivity contribution in [3.8, 4) is 0 Å². The lowest BCUT2D eigenvalue weighted by atomic mass is 10.0. The molecule has 0 unspecified atom stereocenters. The normalized spacial score (nSPS) is 14.8. The van der Waals surface area contributed by atoms with Crippen LogP contribution >= 0.6 is 0 Å². The highest BCUT2D eigenvalue weighted by Crippen LogP contribution is 2.36. The second kappa shape index (κ2) is 8.23. The summed E-state index contributed by atoms with van der Waals surface area (Å²) in [7, 11) is 0. The summed E-state index contributed by atoms with van der Waals surface area (Å²) in [5.74, 6) is -1.68. The molecular weight excluding hydrogens is 432 g/mol. The molecule has 0 aliphatic carbocycles. The van der Waals surface area contributed by atoms with Crippen LogP contribution in [0.25, 0.3) is 0 Å². The van der Waals surface area contributed by atoms with E-state index < -0.39 is 35.4 Å². The van der Waals surface area contributed by atoms with E-state index in [0.717, 1.165) is 0 Å². The molecule has 0 fully saturated rings. The van der Waals surface area contributed by atoms with E-state index >= 15 is 0 Å². The van der Waals surface area contributed by atoms with Crippen molar-refractivity contribution in [1.29, 1.82) is 0 Å². The van der Waals surface area contributed by atoms with Crippen LogP contribution in [0, 0.1) is 0 Å². The van der Waals surface area contributed by atoms with Gasteiger partial charge in [-0.15, -0.1) is 0 Å². The van der Waals surface area contributed by atoms with E-state index in [4.69, 9.17) is 5.11 Å². The van der Waals surface area contributed by atoms with Crippen molar-refractivity contribution in [1.82, 2.24) is 14.7 Å². The van der Waals surface area contributed by atoms with Gasteiger partial charge in [0.2, 0.25) is 5.91 Å². The lowest BCUT2D eigenvalue weighted by Crippen LogP contribution is -2.30. The summed E-state index contributed by atoms with van der Waals surface area (Å²) in [4.78, 5) is 25.0. The number of nitrogens with zero attached hydrogens (tertiary/aromatic N) is 3. The average Bonchev–Trinajstić information content (AvgIpc) is 2.96. The number of rotatable bonds is 4. The minimum absolute atomic E-state index is 0.0430. The van der Waals surface area contributed by atoms with Crippen LogP contribution in [0.1, 0.15) is 45.7 Å². The van der Waals surface area contributed by atoms with Crippen molar-refractivity contribution >= 4 is 11.9 Å². The van der Waals surface area contributed by atoms with Crippen molar-refractivity contribution in [2.24, 2.45) is 0 Å². The second-order valence-corrected chi connectivity index (χ2v) is 7.13. The summed E-state index contributed by atoms with van der Waals surface area (Å²) in [6, 6.07) is 2.59. The van der Waals surface area contributed by atoms with Gasteiger partial charge in [-0.2, -0.15) is 31.4 Å². The van der Waals surface area contributed by atoms with Crippen molar-refractivity contribution in [2.45, 2.75) is 44.7 Å². The molecule has 0 radical (unpaired) electrons. The number of aromatic carboxylic acids is 1. The van der Waals surface area contributed by atoms with Gasteiger partial charge in [0.05, 0.1) is 23.4 Å². The van der Waals surface area contributed by atoms with Gasteiger partial charge in [0, 0.05) is 19.5 Å². The first-order chi connectivity index (χ1) is 14.3. The number of aryl methyl sites for hydroxylation is 2. The molecule has 12 heteroatoms. The van der Waals surface area contributed by atoms with Crippen LogP contribution in [-0.4, -0.2) is 38.2 Å². The lowest BCUT2D eigenvalue weighted by Gasteiger charge is -2.20. The van der Waals surface area contributed by atoms with Crippen molar-refractivity contribution < 1.29 is 41.0 Å². The van der Waals surface area contributed by atoms with E-state index in [1.165, 1.54) is 15.6 Å². The van der Waals surface area contributed by atoms with Gasteiger partial charge >= 0.3 is 18.3 Å². The number of hydrogen-bond acceptors (Lipinski definition) is 3. The maximum atomic E-state index is 13.0. The number of carboxylic acids is 1. The summed E-state index contributed by atoms with van der Waals surface area (Å²) >= 11 is 0. The quantitative estimate of drug-likeness (QED) is 0.717. The van der Waals surface area contributed by atoms with E-state index in [2.05, 4.69) is 5.10 Å². The van der Waals surface area contributed by atoms with Crippen LogP contribution in [-0.2, 0) is 36.7 Å². The molecule has 2 heterocycles. The maximum absolute atomic E-state index is 13.0. The number of amides is 1. The van der Waals surface area contributed by atoms with Crippen LogP contribution in [0.4, 0.5) is 26.3 Å². The molecule has 0 saturated carbocycles. The first kappa shape index (κ1) is 22.6. The van der Waals surface area contributed by atoms with E-state index in [1.807, 2.05) is 0 Å². The Balaban J connectivity index is 1.74. The maximum Gasteiger partial charge on any atom is 0.416 e. The van der Waals surface area contributed by atoms with Crippen molar-refractivity contribution in [3.63, 3.8) is 0 Å². The third-order valence-corrected chi connectivity index (χ3v) is 4.86. The molecule has 1 N–H and O–H groups in total. The fraction of sp³-hybridized carbons (Fsp3) is 0.421. The molecule has 0 saturated heterocycles. The fourth-order valence-electron chi connectivity index (χ4n) is 3.35. The molecular formula is C19H17F6N3O3. The largest absolute Gasteiger partial charge is 0.476 e. The van der Waals surface area contributed by atoms with Crippen LogP contribution < -0.4 is 0 Å². The van der Waals surface area contributed by atoms with Gasteiger partial charge in [-0.3, -0.25) is 9.48 Å². The average molecular weight is 449 g/mol. The SMILES string of the molecule is O=C(O)c1cc2n(n1)CCCN(C(=O)CCc1cc(C(F)(F)F)cc(C(F)(F)F)c1)C2. The number of halogens is 6. The van der Waals surface area contributed by atoms with E-state index in [1.54, 1.807) is 0 Å². The molecule has 0 atom stereocenters. The standard InChI is InChI=1S/C19H17F6N3O3/c20-18(21,22)12-6-11(7-13(8-12)19(23,24)25)2-3-16(29)27-4-1-5-28-14(10-27)9-15(26-28)17(30)31/h6-9H,1-5,10H2,(H,30,31). The Labute approximate surface area is 172 Å². The number of fused-ring (bicyclic) bond motifs is 1. The molecule has 1 amide bonds. The van der Waals surface area contributed by atoms with Crippen LogP contribution in [0.5, 0.6) is 0 Å². The number of aromatic nitrogens is 2. The molecule has 1 aromatic carbocycles. The highest BCUT2D eigenvalue weighted by molar-refractivity contribution is 5.85. The van der Waals surface area contributed by atoms with E-state index in [-0.39, 0.29) is 36.7 Å². The Bertz CT molecular complexity index is 965. The Hall–Kier alpha value is -3.05. The van der Waals surface area contributed by atoms with Gasteiger partial charge < -0.3 is 10.0 Å². The third kappa shape index (κ3) is 5.36. The molecule has 3 rings (SSSR count). The first-order valence-corrected chi connectivity index (χ1v) is 9.21. The van der Waals surface area contributed by atoms with E-state index in [9.17, 15) is 35.9 Å². The molecule has 1 aliphatic rings. The number of carboxylic acid groups (broad SMARTS) is 1. The molecule has 31 heavy (non-hydrogen) atoms. The zero-order valence-corrected chi connectivity index (χ0v) is 15.9. The summed E-state index contributed by atoms with van der Waals surface area (Å²) in [5.41, 5.74) is -2.78. The van der Waals surface area contributed by atoms with Crippen LogP contribution in [0.15, 0.2) is 24.3 Å². The smallest absolute Gasteiger partial charge is 0.416 e. The monoisotopic (exact) mass is 449 g/mol. The number of hydrogen-bond donors (Lipinski definition) is 1. The number of carbonyl (C=O) groups is 2. The highest BCUT2D eigenvalue weighted by atomic mass is 19.4. The third-order valence-electron chi connectivity index (χ3n) is 4.86. The predicted octanol–water partition coefficient (Wildman–Crippen LogP) is 3.98. The molecule has 1 aromatic heterocycles. The van der Waals surface area contributed by atoms with Gasteiger partial charge in [-0.1, -0.05) is 0 Å². The van der Waals surface area contributed by atoms with Crippen molar-refractivity contribution in [2.75, 3.05) is 6.54 Å². The Morgan fingerprint density at radius 1 is 0.968 bits per heavy atom. The molecule has 6 nitrogen and oxygen atoms in total. The molecule has 2 aromatic rings. The summed E-state index contributed by atoms with van der Waals surface area (Å²) < 4.78 is 79.3. The number of benzene rings is 1. The zero-order chi connectivity index (χ0) is 23.0. The lowest BCUT2D eigenvalue weighted by molar-refractivity contribution is -0.143. The summed E-state index contributed by atoms with van der Waals surface area (Å²) in [5, 5.41) is 13.0. The van der Waals surface area contributed by atoms with Gasteiger partial charge in [0.1, 0.15) is 0 Å². The highest BCUT2D eigenvalue weighted by Gasteiger charge is 2.37. The molecule has 168 valence electrons. The van der Waals surface area contributed by atoms with Gasteiger partial charge in [0.25, 0.3) is 0 Å². The Kier molecular flexibility index (Phi) is 6.01. The van der Waals surface area contributed by atoms with Crippen molar-refractivity contribution in [3.05, 3.63) is 52.3 Å². The first-order valence-electron chi connectivity index (χ1n) is 9.21. The van der Waals surface area contributed by atoms with Gasteiger partial charge in [-0.05, 0) is 42.7 Å². The molecule has 0 bridgehead atoms. The molecule has 1 aliphatic heterocycles. The minimum atomic E-state index is -4.95. The topological polar surface area (TPSA) is 75.4 Å². The number of alkyl halides is 6.